The van der Waals surface area contributed by atoms with Gasteiger partial charge >= 0.3 is 17.9 Å². The molecule has 0 radical (unpaired) electrons. The van der Waals surface area contributed by atoms with Crippen molar-refractivity contribution in [3.05, 3.63) is 12.2 Å². The first-order valence-electron chi connectivity index (χ1n) is 7.63. The maximum Gasteiger partial charge on any atom is 0.303 e. The first kappa shape index (κ1) is 21.0. The molecule has 11 nitrogen and oxygen atoms in total. The van der Waals surface area contributed by atoms with Crippen molar-refractivity contribution >= 4 is 17.9 Å². The van der Waals surface area contributed by atoms with Crippen LogP contribution in [0.2, 0.25) is 0 Å². The summed E-state index contributed by atoms with van der Waals surface area (Å²) < 4.78 is 21.9. The van der Waals surface area contributed by atoms with Crippen molar-refractivity contribution in [3.63, 3.8) is 0 Å². The molecule has 0 N–H and O–H groups in total. The van der Waals surface area contributed by atoms with E-state index in [9.17, 15) is 14.4 Å². The molecule has 11 heteroatoms. The fourth-order valence-electron chi connectivity index (χ4n) is 1.90. The molecule has 0 spiro atoms. The number of rotatable bonds is 9. The molecule has 142 valence electrons. The summed E-state index contributed by atoms with van der Waals surface area (Å²) in [5.41, 5.74) is 0. The lowest BCUT2D eigenvalue weighted by Crippen LogP contribution is -2.36. The van der Waals surface area contributed by atoms with Crippen molar-refractivity contribution in [1.82, 2.24) is 14.8 Å². The number of nitrogens with zero attached hydrogens (tertiary/aromatic N) is 4. The van der Waals surface area contributed by atoms with Crippen molar-refractivity contribution in [2.45, 2.75) is 46.1 Å². The monoisotopic (exact) mass is 368 g/mol. The first-order valence-corrected chi connectivity index (χ1v) is 7.63. The Morgan fingerprint density at radius 1 is 1.15 bits per heavy atom. The molecule has 0 saturated heterocycles. The summed E-state index contributed by atoms with van der Waals surface area (Å²) in [7, 11) is 0. The molecule has 0 amide bonds. The van der Waals surface area contributed by atoms with Crippen LogP contribution < -0.4 is 0 Å². The third kappa shape index (κ3) is 7.27. The highest BCUT2D eigenvalue weighted by Gasteiger charge is 2.28. The van der Waals surface area contributed by atoms with Gasteiger partial charge in [0.25, 0.3) is 5.82 Å². The van der Waals surface area contributed by atoms with Crippen LogP contribution in [0.4, 0.5) is 0 Å². The van der Waals surface area contributed by atoms with Crippen molar-refractivity contribution < 1.29 is 33.3 Å². The van der Waals surface area contributed by atoms with Gasteiger partial charge in [-0.1, -0.05) is 0 Å². The Morgan fingerprint density at radius 3 is 2.15 bits per heavy atom. The number of ether oxygens (including phenoxy) is 4. The zero-order valence-electron chi connectivity index (χ0n) is 14.9. The Morgan fingerprint density at radius 2 is 1.73 bits per heavy atom. The topological polar surface area (TPSA) is 143 Å². The van der Waals surface area contributed by atoms with Gasteiger partial charge in [-0.15, -0.1) is 5.10 Å². The predicted octanol–water partition coefficient (Wildman–Crippen LogP) is 0.111. The van der Waals surface area contributed by atoms with Gasteiger partial charge < -0.3 is 18.9 Å². The second-order valence-electron chi connectivity index (χ2n) is 5.23. The van der Waals surface area contributed by atoms with Crippen LogP contribution in [0.3, 0.4) is 0 Å². The first-order chi connectivity index (χ1) is 12.2. The summed E-state index contributed by atoms with van der Waals surface area (Å²) in [5, 5.41) is 12.8. The van der Waals surface area contributed by atoms with E-state index in [0.29, 0.717) is 0 Å². The maximum atomic E-state index is 11.3. The molecule has 2 unspecified atom stereocenters. The van der Waals surface area contributed by atoms with Gasteiger partial charge in [0, 0.05) is 20.8 Å². The van der Waals surface area contributed by atoms with Crippen LogP contribution in [0.5, 0.6) is 0 Å². The summed E-state index contributed by atoms with van der Waals surface area (Å²) in [4.78, 5) is 37.1. The second kappa shape index (κ2) is 10.1. The van der Waals surface area contributed by atoms with Crippen LogP contribution in [-0.4, -0.2) is 58.1 Å². The van der Waals surface area contributed by atoms with Crippen LogP contribution >= 0.6 is 0 Å². The molecule has 0 aliphatic rings. The largest absolute Gasteiger partial charge is 0.463 e. The van der Waals surface area contributed by atoms with Crippen molar-refractivity contribution in [1.29, 1.82) is 5.26 Å². The van der Waals surface area contributed by atoms with Gasteiger partial charge in [-0.2, -0.15) is 5.26 Å². The fraction of sp³-hybridized carbons (Fsp3) is 0.600. The normalized spacial score (nSPS) is 12.8. The lowest BCUT2D eigenvalue weighted by atomic mass is 10.3. The van der Waals surface area contributed by atoms with Crippen LogP contribution in [-0.2, 0) is 33.3 Å². The van der Waals surface area contributed by atoms with Gasteiger partial charge in [-0.3, -0.25) is 14.4 Å². The van der Waals surface area contributed by atoms with Gasteiger partial charge in [-0.05, 0) is 6.92 Å². The average molecular weight is 368 g/mol. The summed E-state index contributed by atoms with van der Waals surface area (Å²) in [6, 6.07) is 1.77. The zero-order chi connectivity index (χ0) is 19.7. The molecular formula is C15H20N4O7. The SMILES string of the molecule is CC(=O)OCC(COC(C)=O)OC(C(C)OC(C)=O)n1cnc(C#N)n1. The Labute approximate surface area is 149 Å². The van der Waals surface area contributed by atoms with Gasteiger partial charge in [0.2, 0.25) is 0 Å². The van der Waals surface area contributed by atoms with Crippen LogP contribution in [0, 0.1) is 11.3 Å². The summed E-state index contributed by atoms with van der Waals surface area (Å²) in [6.07, 6.45) is -1.44. The number of aromatic nitrogens is 3. The van der Waals surface area contributed by atoms with Gasteiger partial charge in [0.15, 0.2) is 6.23 Å². The van der Waals surface area contributed by atoms with E-state index in [0.717, 1.165) is 0 Å². The minimum absolute atomic E-state index is 0.106. The summed E-state index contributed by atoms with van der Waals surface area (Å²) in [5.74, 6) is -1.74. The van der Waals surface area contributed by atoms with Gasteiger partial charge in [-0.25, -0.2) is 9.67 Å². The van der Waals surface area contributed by atoms with E-state index in [2.05, 4.69) is 10.1 Å². The standard InChI is InChI=1S/C15H20N4O7/c1-9(25-12(4)22)15(19-8-17-14(5-16)18-19)26-13(6-23-10(2)20)7-24-11(3)21/h8-9,13,15H,6-7H2,1-4H3. The molecule has 1 aromatic heterocycles. The molecule has 0 bridgehead atoms. The third-order valence-corrected chi connectivity index (χ3v) is 2.90. The highest BCUT2D eigenvalue weighted by atomic mass is 16.6. The fourth-order valence-corrected chi connectivity index (χ4v) is 1.90. The molecule has 26 heavy (non-hydrogen) atoms. The Balaban J connectivity index is 2.99. The molecule has 2 atom stereocenters. The molecular weight excluding hydrogens is 348 g/mol. The molecule has 1 rings (SSSR count). The molecule has 0 aliphatic carbocycles. The highest BCUT2D eigenvalue weighted by Crippen LogP contribution is 2.19. The quantitative estimate of drug-likeness (QED) is 0.435. The van der Waals surface area contributed by atoms with Crippen molar-refractivity contribution in [3.8, 4) is 6.07 Å². The zero-order valence-corrected chi connectivity index (χ0v) is 14.9. The number of nitriles is 1. The predicted molar refractivity (Wildman–Crippen MR) is 83.1 cm³/mol. The van der Waals surface area contributed by atoms with E-state index in [1.165, 1.54) is 31.8 Å². The minimum atomic E-state index is -0.996. The van der Waals surface area contributed by atoms with Crippen molar-refractivity contribution in [2.24, 2.45) is 0 Å². The van der Waals surface area contributed by atoms with Gasteiger partial charge in [0.05, 0.1) is 0 Å². The lowest BCUT2D eigenvalue weighted by molar-refractivity contribution is -0.182. The Bertz CT molecular complexity index is 664. The molecule has 0 fully saturated rings. The number of hydrogen-bond donors (Lipinski definition) is 0. The minimum Gasteiger partial charge on any atom is -0.463 e. The second-order valence-corrected chi connectivity index (χ2v) is 5.23. The Hall–Kier alpha value is -3.00. The summed E-state index contributed by atoms with van der Waals surface area (Å²) in [6.45, 7) is 4.81. The smallest absolute Gasteiger partial charge is 0.303 e. The van der Waals surface area contributed by atoms with Crippen molar-refractivity contribution in [2.75, 3.05) is 13.2 Å². The van der Waals surface area contributed by atoms with E-state index >= 15 is 0 Å². The van der Waals surface area contributed by atoms with Crippen LogP contribution in [0.25, 0.3) is 0 Å². The number of hydrogen-bond acceptors (Lipinski definition) is 10. The average Bonchev–Trinajstić information content (AvgIpc) is 3.01. The van der Waals surface area contributed by atoms with E-state index in [-0.39, 0.29) is 19.0 Å². The lowest BCUT2D eigenvalue weighted by Gasteiger charge is -2.28. The highest BCUT2D eigenvalue weighted by molar-refractivity contribution is 5.66. The van der Waals surface area contributed by atoms with Gasteiger partial charge in [0.1, 0.15) is 37.8 Å². The van der Waals surface area contributed by atoms with E-state index < -0.39 is 36.3 Å². The molecule has 1 aromatic rings. The van der Waals surface area contributed by atoms with E-state index in [1.54, 1.807) is 13.0 Å². The van der Waals surface area contributed by atoms with Crippen LogP contribution in [0.15, 0.2) is 6.33 Å². The Kier molecular flexibility index (Phi) is 8.17. The number of carbonyl (C=O) groups is 3. The number of esters is 3. The maximum absolute atomic E-state index is 11.3. The summed E-state index contributed by atoms with van der Waals surface area (Å²) >= 11 is 0. The number of carbonyl (C=O) groups excluding carboxylic acids is 3. The molecule has 1 heterocycles. The van der Waals surface area contributed by atoms with E-state index in [1.807, 2.05) is 0 Å². The van der Waals surface area contributed by atoms with E-state index in [4.69, 9.17) is 24.2 Å². The third-order valence-electron chi connectivity index (χ3n) is 2.90. The molecule has 0 aromatic carbocycles. The molecule has 0 saturated carbocycles. The van der Waals surface area contributed by atoms with Crippen LogP contribution in [0.1, 0.15) is 39.7 Å². The molecule has 0 aliphatic heterocycles.